The highest BCUT2D eigenvalue weighted by Crippen LogP contribution is 2.27. The van der Waals surface area contributed by atoms with E-state index in [1.807, 2.05) is 18.2 Å². The van der Waals surface area contributed by atoms with Crippen LogP contribution < -0.4 is 5.32 Å². The van der Waals surface area contributed by atoms with Gasteiger partial charge in [0.15, 0.2) is 11.6 Å². The largest absolute Gasteiger partial charge is 0.458 e. The second kappa shape index (κ2) is 6.05. The maximum Gasteiger partial charge on any atom is 0.251 e. The Hall–Kier alpha value is -2.73. The lowest BCUT2D eigenvalue weighted by Gasteiger charge is -2.21. The lowest BCUT2D eigenvalue weighted by Crippen LogP contribution is -2.38. The highest BCUT2D eigenvalue weighted by molar-refractivity contribution is 5.94. The predicted molar refractivity (Wildman–Crippen MR) is 84.5 cm³/mol. The highest BCUT2D eigenvalue weighted by atomic mass is 19.2. The van der Waals surface area contributed by atoms with Crippen molar-refractivity contribution in [2.75, 3.05) is 6.54 Å². The van der Waals surface area contributed by atoms with Gasteiger partial charge in [0.2, 0.25) is 0 Å². The summed E-state index contributed by atoms with van der Waals surface area (Å²) in [7, 11) is 0. The van der Waals surface area contributed by atoms with Crippen LogP contribution in [0.4, 0.5) is 8.78 Å². The number of hydrogen-bond donors (Lipinski definition) is 2. The standard InChI is InChI=1S/C18H15F2NO3/c1-18(23,16-9-11-4-2-3-5-15(11)24-16)10-21-17(22)12-6-7-13(19)14(20)8-12/h2-9,23H,10H2,1H3,(H,21,22). The van der Waals surface area contributed by atoms with Crippen LogP contribution in [0.2, 0.25) is 0 Å². The molecule has 3 rings (SSSR count). The second-order valence-electron chi connectivity index (χ2n) is 5.73. The third-order valence-corrected chi connectivity index (χ3v) is 3.73. The Labute approximate surface area is 136 Å². The van der Waals surface area contributed by atoms with E-state index < -0.39 is 23.1 Å². The van der Waals surface area contributed by atoms with Crippen LogP contribution in [0, 0.1) is 11.6 Å². The molecule has 0 spiro atoms. The van der Waals surface area contributed by atoms with Gasteiger partial charge in [-0.05, 0) is 37.3 Å². The molecule has 0 bridgehead atoms. The fourth-order valence-electron chi connectivity index (χ4n) is 2.33. The number of nitrogens with one attached hydrogen (secondary N) is 1. The Morgan fingerprint density at radius 1 is 1.17 bits per heavy atom. The Morgan fingerprint density at radius 3 is 2.62 bits per heavy atom. The quantitative estimate of drug-likeness (QED) is 0.771. The molecule has 2 aromatic carbocycles. The summed E-state index contributed by atoms with van der Waals surface area (Å²) < 4.78 is 31.7. The molecule has 0 aliphatic heterocycles. The molecular weight excluding hydrogens is 316 g/mol. The van der Waals surface area contributed by atoms with E-state index in [9.17, 15) is 18.7 Å². The van der Waals surface area contributed by atoms with Gasteiger partial charge in [0, 0.05) is 10.9 Å². The summed E-state index contributed by atoms with van der Waals surface area (Å²) in [6.07, 6.45) is 0. The molecule has 0 fully saturated rings. The van der Waals surface area contributed by atoms with Gasteiger partial charge in [0.25, 0.3) is 5.91 Å². The maximum atomic E-state index is 13.2. The maximum absolute atomic E-state index is 13.2. The number of carbonyl (C=O) groups is 1. The Kier molecular flexibility index (Phi) is 4.07. The molecule has 0 saturated heterocycles. The van der Waals surface area contributed by atoms with E-state index in [0.29, 0.717) is 11.3 Å². The van der Waals surface area contributed by atoms with Crippen molar-refractivity contribution >= 4 is 16.9 Å². The fraction of sp³-hybridized carbons (Fsp3) is 0.167. The third-order valence-electron chi connectivity index (χ3n) is 3.73. The molecule has 4 nitrogen and oxygen atoms in total. The zero-order valence-electron chi connectivity index (χ0n) is 12.8. The van der Waals surface area contributed by atoms with Crippen LogP contribution in [0.1, 0.15) is 23.0 Å². The van der Waals surface area contributed by atoms with E-state index in [1.165, 1.54) is 13.0 Å². The van der Waals surface area contributed by atoms with Crippen LogP contribution in [0.25, 0.3) is 11.0 Å². The summed E-state index contributed by atoms with van der Waals surface area (Å²) in [5.41, 5.74) is -0.859. The minimum atomic E-state index is -1.45. The lowest BCUT2D eigenvalue weighted by molar-refractivity contribution is 0.0344. The summed E-state index contributed by atoms with van der Waals surface area (Å²) in [5.74, 6) is -2.45. The summed E-state index contributed by atoms with van der Waals surface area (Å²) in [4.78, 5) is 12.0. The first-order chi connectivity index (χ1) is 11.4. The van der Waals surface area contributed by atoms with Crippen LogP contribution in [0.15, 0.2) is 52.9 Å². The molecular formula is C18H15F2NO3. The van der Waals surface area contributed by atoms with E-state index in [0.717, 1.165) is 17.5 Å². The van der Waals surface area contributed by atoms with Gasteiger partial charge in [-0.3, -0.25) is 4.79 Å². The normalized spacial score (nSPS) is 13.7. The molecule has 1 unspecified atom stereocenters. The van der Waals surface area contributed by atoms with E-state index in [4.69, 9.17) is 4.42 Å². The molecule has 0 radical (unpaired) electrons. The number of furan rings is 1. The van der Waals surface area contributed by atoms with E-state index in [1.54, 1.807) is 12.1 Å². The lowest BCUT2D eigenvalue weighted by atomic mass is 10.0. The van der Waals surface area contributed by atoms with Crippen LogP contribution in [-0.2, 0) is 5.60 Å². The minimum Gasteiger partial charge on any atom is -0.458 e. The Morgan fingerprint density at radius 2 is 1.92 bits per heavy atom. The number of rotatable bonds is 4. The van der Waals surface area contributed by atoms with Crippen LogP contribution in [0.5, 0.6) is 0 Å². The topological polar surface area (TPSA) is 62.5 Å². The van der Waals surface area contributed by atoms with Crippen LogP contribution in [0.3, 0.4) is 0 Å². The molecule has 0 aliphatic carbocycles. The molecule has 124 valence electrons. The number of fused-ring (bicyclic) bond motifs is 1. The third kappa shape index (κ3) is 3.14. The first-order valence-electron chi connectivity index (χ1n) is 7.31. The number of halogens is 2. The van der Waals surface area contributed by atoms with Gasteiger partial charge in [-0.2, -0.15) is 0 Å². The average molecular weight is 331 g/mol. The zero-order chi connectivity index (χ0) is 17.3. The smallest absolute Gasteiger partial charge is 0.251 e. The number of amides is 1. The average Bonchev–Trinajstić information content (AvgIpc) is 3.00. The van der Waals surface area contributed by atoms with Crippen molar-refractivity contribution < 1.29 is 23.1 Å². The SMILES string of the molecule is CC(O)(CNC(=O)c1ccc(F)c(F)c1)c1cc2ccccc2o1. The summed E-state index contributed by atoms with van der Waals surface area (Å²) in [5, 5.41) is 13.9. The molecule has 2 N–H and O–H groups in total. The minimum absolute atomic E-state index is 0.0330. The van der Waals surface area contributed by atoms with Gasteiger partial charge >= 0.3 is 0 Å². The number of carbonyl (C=O) groups excluding carboxylic acids is 1. The van der Waals surface area contributed by atoms with Crippen molar-refractivity contribution in [1.29, 1.82) is 0 Å². The van der Waals surface area contributed by atoms with Gasteiger partial charge in [-0.15, -0.1) is 0 Å². The van der Waals surface area contributed by atoms with Gasteiger partial charge in [-0.25, -0.2) is 8.78 Å². The number of hydrogen-bond acceptors (Lipinski definition) is 3. The summed E-state index contributed by atoms with van der Waals surface area (Å²) in [6, 6.07) is 11.8. The van der Waals surface area contributed by atoms with Crippen LogP contribution >= 0.6 is 0 Å². The van der Waals surface area contributed by atoms with Gasteiger partial charge in [0.05, 0.1) is 6.54 Å². The van der Waals surface area contributed by atoms with E-state index in [-0.39, 0.29) is 12.1 Å². The van der Waals surface area contributed by atoms with Gasteiger partial charge < -0.3 is 14.8 Å². The predicted octanol–water partition coefficient (Wildman–Crippen LogP) is 3.35. The van der Waals surface area contributed by atoms with Gasteiger partial charge in [0.1, 0.15) is 16.9 Å². The fourth-order valence-corrected chi connectivity index (χ4v) is 2.33. The Bertz CT molecular complexity index is 869. The van der Waals surface area contributed by atoms with Crippen molar-refractivity contribution in [2.24, 2.45) is 0 Å². The number of benzene rings is 2. The number of aliphatic hydroxyl groups is 1. The molecule has 6 heteroatoms. The van der Waals surface area contributed by atoms with Crippen molar-refractivity contribution in [1.82, 2.24) is 5.32 Å². The first kappa shape index (κ1) is 16.1. The molecule has 1 atom stereocenters. The number of para-hydroxylation sites is 1. The Balaban J connectivity index is 1.74. The van der Waals surface area contributed by atoms with Crippen molar-refractivity contribution in [3.63, 3.8) is 0 Å². The van der Waals surface area contributed by atoms with Gasteiger partial charge in [-0.1, -0.05) is 18.2 Å². The van der Waals surface area contributed by atoms with E-state index >= 15 is 0 Å². The summed E-state index contributed by atoms with van der Waals surface area (Å²) >= 11 is 0. The highest BCUT2D eigenvalue weighted by Gasteiger charge is 2.28. The van der Waals surface area contributed by atoms with Crippen molar-refractivity contribution in [2.45, 2.75) is 12.5 Å². The molecule has 1 heterocycles. The van der Waals surface area contributed by atoms with Crippen LogP contribution in [-0.4, -0.2) is 17.6 Å². The second-order valence-corrected chi connectivity index (χ2v) is 5.73. The summed E-state index contributed by atoms with van der Waals surface area (Å²) in [6.45, 7) is 1.35. The van der Waals surface area contributed by atoms with Crippen molar-refractivity contribution in [3.8, 4) is 0 Å². The molecule has 0 saturated carbocycles. The zero-order valence-corrected chi connectivity index (χ0v) is 12.8. The molecule has 1 aromatic heterocycles. The first-order valence-corrected chi connectivity index (χ1v) is 7.31. The monoisotopic (exact) mass is 331 g/mol. The van der Waals surface area contributed by atoms with Crippen molar-refractivity contribution in [3.05, 3.63) is 71.5 Å². The molecule has 24 heavy (non-hydrogen) atoms. The molecule has 1 amide bonds. The van der Waals surface area contributed by atoms with E-state index in [2.05, 4.69) is 5.32 Å². The molecule has 0 aliphatic rings. The molecule has 3 aromatic rings.